The molecule has 0 bridgehead atoms. The summed E-state index contributed by atoms with van der Waals surface area (Å²) in [5, 5.41) is 2.60. The lowest BCUT2D eigenvalue weighted by molar-refractivity contribution is -0.119. The van der Waals surface area contributed by atoms with Crippen LogP contribution in [-0.2, 0) is 4.79 Å². The first-order chi connectivity index (χ1) is 5.83. The Balaban J connectivity index is 2.52. The Hall–Kier alpha value is -1.31. The maximum Gasteiger partial charge on any atom is 0.224 e. The molecule has 0 aliphatic heterocycles. The fourth-order valence-electron chi connectivity index (χ4n) is 1.03. The predicted molar refractivity (Wildman–Crippen MR) is 49.7 cm³/mol. The minimum Gasteiger partial charge on any atom is -0.359 e. The van der Waals surface area contributed by atoms with E-state index in [2.05, 4.69) is 17.5 Å². The molecular formula is C10H13NO. The zero-order chi connectivity index (χ0) is 8.81. The molecule has 2 heteroatoms. The van der Waals surface area contributed by atoms with Gasteiger partial charge in [0.2, 0.25) is 5.91 Å². The monoisotopic (exact) mass is 163 g/mol. The van der Waals surface area contributed by atoms with Crippen molar-refractivity contribution in [3.8, 4) is 0 Å². The van der Waals surface area contributed by atoms with Gasteiger partial charge in [-0.05, 0) is 12.0 Å². The molecule has 0 aromatic carbocycles. The Labute approximate surface area is 72.7 Å². The van der Waals surface area contributed by atoms with Gasteiger partial charge in [0.25, 0.3) is 0 Å². The summed E-state index contributed by atoms with van der Waals surface area (Å²) in [6.45, 7) is 0. The minimum absolute atomic E-state index is 0.0628. The molecule has 0 heterocycles. The molecular weight excluding hydrogens is 150 g/mol. The van der Waals surface area contributed by atoms with Crippen LogP contribution in [0.15, 0.2) is 36.0 Å². The van der Waals surface area contributed by atoms with Gasteiger partial charge in [0.15, 0.2) is 0 Å². The highest BCUT2D eigenvalue weighted by Gasteiger charge is 2.00. The molecule has 0 radical (unpaired) electrons. The van der Waals surface area contributed by atoms with Gasteiger partial charge < -0.3 is 5.32 Å². The second kappa shape index (κ2) is 4.54. The summed E-state index contributed by atoms with van der Waals surface area (Å²) in [5.41, 5.74) is 1.08. The van der Waals surface area contributed by atoms with Crippen molar-refractivity contribution in [2.45, 2.75) is 12.8 Å². The van der Waals surface area contributed by atoms with Crippen LogP contribution in [0.2, 0.25) is 0 Å². The number of nitrogens with one attached hydrogen (secondary N) is 1. The highest BCUT2D eigenvalue weighted by atomic mass is 16.1. The quantitative estimate of drug-likeness (QED) is 0.657. The molecule has 0 spiro atoms. The van der Waals surface area contributed by atoms with E-state index in [0.29, 0.717) is 6.42 Å². The smallest absolute Gasteiger partial charge is 0.224 e. The molecule has 0 fully saturated rings. The molecule has 12 heavy (non-hydrogen) atoms. The Morgan fingerprint density at radius 3 is 3.17 bits per heavy atom. The van der Waals surface area contributed by atoms with E-state index in [0.717, 1.165) is 12.0 Å². The fraction of sp³-hybridized carbons (Fsp3) is 0.300. The van der Waals surface area contributed by atoms with Crippen molar-refractivity contribution >= 4 is 5.91 Å². The molecule has 64 valence electrons. The van der Waals surface area contributed by atoms with E-state index < -0.39 is 0 Å². The van der Waals surface area contributed by atoms with Gasteiger partial charge in [-0.2, -0.15) is 0 Å². The maximum absolute atomic E-state index is 11.0. The average molecular weight is 163 g/mol. The third-order valence-electron chi connectivity index (χ3n) is 1.72. The Morgan fingerprint density at radius 1 is 1.58 bits per heavy atom. The van der Waals surface area contributed by atoms with Crippen LogP contribution in [0.1, 0.15) is 12.8 Å². The summed E-state index contributed by atoms with van der Waals surface area (Å²) in [6.07, 6.45) is 11.4. The van der Waals surface area contributed by atoms with Crippen molar-refractivity contribution < 1.29 is 4.79 Å². The Kier molecular flexibility index (Phi) is 3.33. The third-order valence-corrected chi connectivity index (χ3v) is 1.72. The zero-order valence-electron chi connectivity index (χ0n) is 7.21. The van der Waals surface area contributed by atoms with Crippen molar-refractivity contribution in [3.63, 3.8) is 0 Å². The largest absolute Gasteiger partial charge is 0.359 e. The van der Waals surface area contributed by atoms with E-state index >= 15 is 0 Å². The van der Waals surface area contributed by atoms with Crippen molar-refractivity contribution in [3.05, 3.63) is 36.0 Å². The molecule has 1 rings (SSSR count). The Bertz CT molecular complexity index is 249. The molecule has 1 amide bonds. The molecule has 1 aliphatic rings. The Morgan fingerprint density at radius 2 is 2.42 bits per heavy atom. The first kappa shape index (κ1) is 8.78. The molecule has 0 saturated carbocycles. The normalized spacial score (nSPS) is 15.2. The van der Waals surface area contributed by atoms with Gasteiger partial charge >= 0.3 is 0 Å². The summed E-state index contributed by atoms with van der Waals surface area (Å²) < 4.78 is 0. The van der Waals surface area contributed by atoms with Crippen molar-refractivity contribution in [1.82, 2.24) is 5.32 Å². The fourth-order valence-corrected chi connectivity index (χ4v) is 1.03. The minimum atomic E-state index is 0.0628. The number of hydrogen-bond acceptors (Lipinski definition) is 1. The van der Waals surface area contributed by atoms with Crippen LogP contribution in [0, 0.1) is 0 Å². The van der Waals surface area contributed by atoms with Gasteiger partial charge in [-0.25, -0.2) is 0 Å². The van der Waals surface area contributed by atoms with Gasteiger partial charge in [-0.3, -0.25) is 4.79 Å². The molecule has 1 N–H and O–H groups in total. The van der Waals surface area contributed by atoms with Crippen LogP contribution in [0.3, 0.4) is 0 Å². The summed E-state index contributed by atoms with van der Waals surface area (Å²) in [4.78, 5) is 11.0. The molecule has 0 aromatic heterocycles. The van der Waals surface area contributed by atoms with Gasteiger partial charge in [0.05, 0.1) is 6.42 Å². The second-order valence-electron chi connectivity index (χ2n) is 2.65. The standard InChI is InChI=1S/C10H13NO/c1-11-10(12)8-9-6-4-2-3-5-7-9/h2-4,6-7H,5,8H2,1H3,(H,11,12). The lowest BCUT2D eigenvalue weighted by atomic mass is 10.1. The SMILES string of the molecule is CNC(=O)CC1=CCC=CC=C1. The van der Waals surface area contributed by atoms with Crippen LogP contribution >= 0.6 is 0 Å². The van der Waals surface area contributed by atoms with Crippen molar-refractivity contribution in [1.29, 1.82) is 0 Å². The van der Waals surface area contributed by atoms with Gasteiger partial charge in [0.1, 0.15) is 0 Å². The summed E-state index contributed by atoms with van der Waals surface area (Å²) >= 11 is 0. The van der Waals surface area contributed by atoms with E-state index in [1.54, 1.807) is 7.05 Å². The molecule has 0 aromatic rings. The van der Waals surface area contributed by atoms with E-state index in [9.17, 15) is 4.79 Å². The lowest BCUT2D eigenvalue weighted by Gasteiger charge is -1.99. The first-order valence-corrected chi connectivity index (χ1v) is 4.06. The van der Waals surface area contributed by atoms with E-state index in [4.69, 9.17) is 0 Å². The average Bonchev–Trinajstić information content (AvgIpc) is 2.33. The third kappa shape index (κ3) is 2.74. The highest BCUT2D eigenvalue weighted by Crippen LogP contribution is 2.08. The van der Waals surface area contributed by atoms with E-state index in [1.807, 2.05) is 18.2 Å². The molecule has 0 atom stereocenters. The molecule has 1 aliphatic carbocycles. The van der Waals surface area contributed by atoms with E-state index in [-0.39, 0.29) is 5.91 Å². The topological polar surface area (TPSA) is 29.1 Å². The number of hydrogen-bond donors (Lipinski definition) is 1. The van der Waals surface area contributed by atoms with Gasteiger partial charge in [-0.15, -0.1) is 0 Å². The number of carbonyl (C=O) groups excluding carboxylic acids is 1. The van der Waals surface area contributed by atoms with Crippen LogP contribution in [-0.4, -0.2) is 13.0 Å². The molecule has 0 saturated heterocycles. The number of carbonyl (C=O) groups is 1. The van der Waals surface area contributed by atoms with Crippen molar-refractivity contribution in [2.24, 2.45) is 0 Å². The number of rotatable bonds is 2. The highest BCUT2D eigenvalue weighted by molar-refractivity contribution is 5.78. The maximum atomic E-state index is 11.0. The van der Waals surface area contributed by atoms with Crippen LogP contribution < -0.4 is 5.32 Å². The molecule has 2 nitrogen and oxygen atoms in total. The lowest BCUT2D eigenvalue weighted by Crippen LogP contribution is -2.17. The second-order valence-corrected chi connectivity index (χ2v) is 2.65. The zero-order valence-corrected chi connectivity index (χ0v) is 7.21. The van der Waals surface area contributed by atoms with Crippen LogP contribution in [0.4, 0.5) is 0 Å². The van der Waals surface area contributed by atoms with Crippen LogP contribution in [0.25, 0.3) is 0 Å². The van der Waals surface area contributed by atoms with E-state index in [1.165, 1.54) is 0 Å². The number of amides is 1. The van der Waals surface area contributed by atoms with Crippen molar-refractivity contribution in [2.75, 3.05) is 7.05 Å². The molecule has 0 unspecified atom stereocenters. The van der Waals surface area contributed by atoms with Gasteiger partial charge in [-0.1, -0.05) is 30.4 Å². The summed E-state index contributed by atoms with van der Waals surface area (Å²) in [5.74, 6) is 0.0628. The first-order valence-electron chi connectivity index (χ1n) is 4.06. The van der Waals surface area contributed by atoms with Crippen LogP contribution in [0.5, 0.6) is 0 Å². The predicted octanol–water partition coefficient (Wildman–Crippen LogP) is 1.56. The number of allylic oxidation sites excluding steroid dienone is 5. The summed E-state index contributed by atoms with van der Waals surface area (Å²) in [6, 6.07) is 0. The summed E-state index contributed by atoms with van der Waals surface area (Å²) in [7, 11) is 1.65. The van der Waals surface area contributed by atoms with Gasteiger partial charge in [0, 0.05) is 7.05 Å².